The summed E-state index contributed by atoms with van der Waals surface area (Å²) < 4.78 is 14.3. The van der Waals surface area contributed by atoms with Gasteiger partial charge < -0.3 is 10.2 Å². The molecule has 0 aliphatic carbocycles. The normalized spacial score (nSPS) is 11.5. The van der Waals surface area contributed by atoms with Crippen molar-refractivity contribution >= 4 is 15.9 Å². The molecule has 0 saturated heterocycles. The van der Waals surface area contributed by atoms with Gasteiger partial charge in [-0.2, -0.15) is 0 Å². The first kappa shape index (κ1) is 15.6. The molecule has 0 heterocycles. The van der Waals surface area contributed by atoms with Gasteiger partial charge in [-0.15, -0.1) is 0 Å². The third-order valence-electron chi connectivity index (χ3n) is 2.69. The van der Waals surface area contributed by atoms with E-state index in [0.717, 1.165) is 25.2 Å². The SMILES string of the molecule is CC(C)CNCCN(C)Cc1cccc(Br)c1F. The second-order valence-corrected chi connectivity index (χ2v) is 5.90. The Bertz CT molecular complexity index is 369. The number of nitrogens with one attached hydrogen (secondary N) is 1. The number of hydrogen-bond donors (Lipinski definition) is 1. The third-order valence-corrected chi connectivity index (χ3v) is 3.31. The molecule has 0 atom stereocenters. The predicted octanol–water partition coefficient (Wildman–Crippen LogP) is 3.27. The van der Waals surface area contributed by atoms with Crippen molar-refractivity contribution < 1.29 is 4.39 Å². The van der Waals surface area contributed by atoms with Crippen LogP contribution in [0.25, 0.3) is 0 Å². The Morgan fingerprint density at radius 3 is 2.78 bits per heavy atom. The number of hydrogen-bond acceptors (Lipinski definition) is 2. The standard InChI is InChI=1S/C14H22BrFN2/c1-11(2)9-17-7-8-18(3)10-12-5-4-6-13(15)14(12)16/h4-6,11,17H,7-10H2,1-3H3. The fourth-order valence-electron chi connectivity index (χ4n) is 1.70. The molecule has 0 spiro atoms. The van der Waals surface area contributed by atoms with Crippen LogP contribution in [0.2, 0.25) is 0 Å². The highest BCUT2D eigenvalue weighted by atomic mass is 79.9. The Morgan fingerprint density at radius 1 is 1.39 bits per heavy atom. The highest BCUT2D eigenvalue weighted by Gasteiger charge is 2.08. The van der Waals surface area contributed by atoms with E-state index in [2.05, 4.69) is 40.0 Å². The molecule has 1 rings (SSSR count). The van der Waals surface area contributed by atoms with Crippen LogP contribution in [0.4, 0.5) is 4.39 Å². The highest BCUT2D eigenvalue weighted by Crippen LogP contribution is 2.19. The van der Waals surface area contributed by atoms with Crippen molar-refractivity contribution in [3.8, 4) is 0 Å². The van der Waals surface area contributed by atoms with Crippen molar-refractivity contribution in [3.05, 3.63) is 34.1 Å². The summed E-state index contributed by atoms with van der Waals surface area (Å²) in [6.07, 6.45) is 0. The second-order valence-electron chi connectivity index (χ2n) is 5.05. The molecule has 4 heteroatoms. The zero-order valence-electron chi connectivity index (χ0n) is 11.3. The summed E-state index contributed by atoms with van der Waals surface area (Å²) in [5.41, 5.74) is 0.732. The fraction of sp³-hybridized carbons (Fsp3) is 0.571. The molecule has 0 aliphatic rings. The summed E-state index contributed by atoms with van der Waals surface area (Å²) in [5, 5.41) is 3.38. The fourth-order valence-corrected chi connectivity index (χ4v) is 2.11. The summed E-state index contributed by atoms with van der Waals surface area (Å²) in [5.74, 6) is 0.511. The van der Waals surface area contributed by atoms with E-state index in [1.54, 1.807) is 6.07 Å². The van der Waals surface area contributed by atoms with Crippen LogP contribution in [0.3, 0.4) is 0 Å². The molecule has 0 amide bonds. The van der Waals surface area contributed by atoms with Crippen LogP contribution in [0.15, 0.2) is 22.7 Å². The summed E-state index contributed by atoms with van der Waals surface area (Å²) in [4.78, 5) is 2.12. The monoisotopic (exact) mass is 316 g/mol. The smallest absolute Gasteiger partial charge is 0.141 e. The van der Waals surface area contributed by atoms with Crippen LogP contribution in [0.1, 0.15) is 19.4 Å². The molecule has 0 saturated carbocycles. The molecule has 1 aromatic rings. The maximum Gasteiger partial charge on any atom is 0.141 e. The molecule has 102 valence electrons. The van der Waals surface area contributed by atoms with Crippen LogP contribution in [-0.2, 0) is 6.54 Å². The van der Waals surface area contributed by atoms with Crippen molar-refractivity contribution in [3.63, 3.8) is 0 Å². The number of benzene rings is 1. The molecule has 1 aromatic carbocycles. The van der Waals surface area contributed by atoms with Crippen LogP contribution in [-0.4, -0.2) is 31.6 Å². The van der Waals surface area contributed by atoms with Gasteiger partial charge in [0.05, 0.1) is 4.47 Å². The molecule has 0 unspecified atom stereocenters. The van der Waals surface area contributed by atoms with Crippen molar-refractivity contribution in [1.29, 1.82) is 0 Å². The maximum atomic E-state index is 13.8. The van der Waals surface area contributed by atoms with Gasteiger partial charge >= 0.3 is 0 Å². The zero-order chi connectivity index (χ0) is 13.5. The lowest BCUT2D eigenvalue weighted by Crippen LogP contribution is -2.31. The number of nitrogens with zero attached hydrogens (tertiary/aromatic N) is 1. The summed E-state index contributed by atoms with van der Waals surface area (Å²) in [7, 11) is 2.01. The van der Waals surface area contributed by atoms with Gasteiger partial charge in [0.1, 0.15) is 5.82 Å². The first-order valence-corrected chi connectivity index (χ1v) is 7.12. The minimum absolute atomic E-state index is 0.153. The zero-order valence-corrected chi connectivity index (χ0v) is 12.9. The van der Waals surface area contributed by atoms with Gasteiger partial charge in [0.2, 0.25) is 0 Å². The van der Waals surface area contributed by atoms with Gasteiger partial charge in [-0.25, -0.2) is 4.39 Å². The third kappa shape index (κ3) is 5.46. The van der Waals surface area contributed by atoms with E-state index in [-0.39, 0.29) is 5.82 Å². The van der Waals surface area contributed by atoms with E-state index in [4.69, 9.17) is 0 Å². The van der Waals surface area contributed by atoms with Crippen LogP contribution in [0.5, 0.6) is 0 Å². The molecular weight excluding hydrogens is 295 g/mol. The molecule has 18 heavy (non-hydrogen) atoms. The molecule has 0 bridgehead atoms. The molecule has 0 aliphatic heterocycles. The molecule has 0 fully saturated rings. The largest absolute Gasteiger partial charge is 0.315 e. The summed E-state index contributed by atoms with van der Waals surface area (Å²) >= 11 is 3.21. The van der Waals surface area contributed by atoms with E-state index in [9.17, 15) is 4.39 Å². The number of rotatable bonds is 7. The average molecular weight is 317 g/mol. The lowest BCUT2D eigenvalue weighted by atomic mass is 10.2. The predicted molar refractivity (Wildman–Crippen MR) is 78.1 cm³/mol. The van der Waals surface area contributed by atoms with Crippen molar-refractivity contribution in [2.75, 3.05) is 26.7 Å². The Labute approximate surface area is 118 Å². The molecule has 1 N–H and O–H groups in total. The van der Waals surface area contributed by atoms with Gasteiger partial charge in [0.15, 0.2) is 0 Å². The van der Waals surface area contributed by atoms with E-state index in [1.165, 1.54) is 0 Å². The van der Waals surface area contributed by atoms with Crippen molar-refractivity contribution in [1.82, 2.24) is 10.2 Å². The van der Waals surface area contributed by atoms with Crippen molar-refractivity contribution in [2.45, 2.75) is 20.4 Å². The summed E-state index contributed by atoms with van der Waals surface area (Å²) in [6, 6.07) is 5.43. The van der Waals surface area contributed by atoms with Gasteiger partial charge in [0, 0.05) is 25.2 Å². The lowest BCUT2D eigenvalue weighted by Gasteiger charge is -2.18. The molecule has 0 radical (unpaired) electrons. The topological polar surface area (TPSA) is 15.3 Å². The lowest BCUT2D eigenvalue weighted by molar-refractivity contribution is 0.316. The van der Waals surface area contributed by atoms with Crippen LogP contribution < -0.4 is 5.32 Å². The number of likely N-dealkylation sites (N-methyl/N-ethyl adjacent to an activating group) is 1. The molecule has 2 nitrogen and oxygen atoms in total. The summed E-state index contributed by atoms with van der Waals surface area (Å²) in [6.45, 7) is 7.89. The minimum atomic E-state index is -0.153. The van der Waals surface area contributed by atoms with Crippen LogP contribution in [0, 0.1) is 11.7 Å². The van der Waals surface area contributed by atoms with E-state index in [1.807, 2.05) is 19.2 Å². The maximum absolute atomic E-state index is 13.8. The Kier molecular flexibility index (Phi) is 6.82. The van der Waals surface area contributed by atoms with E-state index < -0.39 is 0 Å². The van der Waals surface area contributed by atoms with Gasteiger partial charge in [-0.05, 0) is 41.5 Å². The Balaban J connectivity index is 2.35. The molecular formula is C14H22BrFN2. The van der Waals surface area contributed by atoms with E-state index in [0.29, 0.717) is 16.9 Å². The molecule has 0 aromatic heterocycles. The number of halogens is 2. The van der Waals surface area contributed by atoms with Crippen molar-refractivity contribution in [2.24, 2.45) is 5.92 Å². The Morgan fingerprint density at radius 2 is 2.11 bits per heavy atom. The highest BCUT2D eigenvalue weighted by molar-refractivity contribution is 9.10. The first-order valence-electron chi connectivity index (χ1n) is 6.33. The second kappa shape index (κ2) is 7.87. The van der Waals surface area contributed by atoms with Gasteiger partial charge in [-0.1, -0.05) is 26.0 Å². The van der Waals surface area contributed by atoms with Crippen LogP contribution >= 0.6 is 15.9 Å². The average Bonchev–Trinajstić information content (AvgIpc) is 2.30. The quantitative estimate of drug-likeness (QED) is 0.777. The minimum Gasteiger partial charge on any atom is -0.315 e. The van der Waals surface area contributed by atoms with Gasteiger partial charge in [-0.3, -0.25) is 0 Å². The van der Waals surface area contributed by atoms with E-state index >= 15 is 0 Å². The Hall–Kier alpha value is -0.450. The first-order chi connectivity index (χ1) is 8.50. The van der Waals surface area contributed by atoms with Gasteiger partial charge in [0.25, 0.3) is 0 Å².